The summed E-state index contributed by atoms with van der Waals surface area (Å²) in [5, 5.41) is 18.0. The minimum Gasteiger partial charge on any atom is -0.490 e. The Labute approximate surface area is 321 Å². The summed E-state index contributed by atoms with van der Waals surface area (Å²) >= 11 is 0. The number of aliphatic carboxylic acids is 1. The largest absolute Gasteiger partial charge is 0.490 e. The fourth-order valence-corrected chi connectivity index (χ4v) is 10.4. The molecule has 0 spiro atoms. The van der Waals surface area contributed by atoms with E-state index in [0.29, 0.717) is 35.9 Å². The number of rotatable bonds is 8. The second-order valence-electron chi connectivity index (χ2n) is 16.8. The van der Waals surface area contributed by atoms with Crippen LogP contribution in [-0.2, 0) is 11.0 Å². The van der Waals surface area contributed by atoms with E-state index in [1.807, 2.05) is 28.4 Å². The molecular weight excluding hydrogens is 735 g/mol. The number of amides is 1. The lowest BCUT2D eigenvalue weighted by Crippen LogP contribution is -2.66. The molecule has 2 bridgehead atoms. The average molecular weight is 783 g/mol. The number of carbonyl (C=O) groups excluding carboxylic acids is 1. The summed E-state index contributed by atoms with van der Waals surface area (Å²) in [6.45, 7) is 3.77. The molecule has 15 heteroatoms. The molecule has 4 fully saturated rings. The Hall–Kier alpha value is -4.56. The van der Waals surface area contributed by atoms with Crippen molar-refractivity contribution in [3.05, 3.63) is 60.3 Å². The topological polar surface area (TPSA) is 124 Å². The molecule has 4 saturated carbocycles. The predicted octanol–water partition coefficient (Wildman–Crippen LogP) is 9.27. The first-order valence-electron chi connectivity index (χ1n) is 19.8. The van der Waals surface area contributed by atoms with E-state index in [0.717, 1.165) is 38.3 Å². The molecule has 10 nitrogen and oxygen atoms in total. The van der Waals surface area contributed by atoms with E-state index < -0.39 is 52.6 Å². The Bertz CT molecular complexity index is 2080. The van der Waals surface area contributed by atoms with Gasteiger partial charge >= 0.3 is 12.1 Å². The molecule has 1 aromatic carbocycles. The molecule has 4 aromatic rings. The van der Waals surface area contributed by atoms with Crippen LogP contribution >= 0.6 is 0 Å². The lowest BCUT2D eigenvalue weighted by atomic mass is 9.56. The molecule has 3 aromatic heterocycles. The first-order valence-corrected chi connectivity index (χ1v) is 19.8. The molecule has 3 heterocycles. The number of carbonyl (C=O) groups is 2. The minimum absolute atomic E-state index is 0.0973. The lowest BCUT2D eigenvalue weighted by molar-refractivity contribution is -0.155. The van der Waals surface area contributed by atoms with Gasteiger partial charge in [0, 0.05) is 60.1 Å². The highest BCUT2D eigenvalue weighted by Crippen LogP contribution is 2.51. The van der Waals surface area contributed by atoms with Crippen LogP contribution in [0.3, 0.4) is 0 Å². The van der Waals surface area contributed by atoms with Gasteiger partial charge in [-0.25, -0.2) is 23.5 Å². The van der Waals surface area contributed by atoms with Crippen molar-refractivity contribution < 1.29 is 41.4 Å². The number of fused-ring (bicyclic) bond motifs is 3. The molecule has 300 valence electrons. The van der Waals surface area contributed by atoms with Gasteiger partial charge in [-0.1, -0.05) is 13.8 Å². The van der Waals surface area contributed by atoms with E-state index in [1.165, 1.54) is 0 Å². The molecule has 4 aliphatic carbocycles. The van der Waals surface area contributed by atoms with Gasteiger partial charge in [0.05, 0.1) is 17.7 Å². The summed E-state index contributed by atoms with van der Waals surface area (Å²) in [5.41, 5.74) is -3.26. The number of alkyl halides is 5. The summed E-state index contributed by atoms with van der Waals surface area (Å²) < 4.78 is 83.3. The Balaban J connectivity index is 1.13. The van der Waals surface area contributed by atoms with Crippen molar-refractivity contribution in [3.8, 4) is 17.1 Å². The standard InChI is InChI=1S/C41H47F5N6O4/c1-23-16-25-18-24(2)40(38(54)55,26(17-23)19-25)50-37(53)32-21-47-36(49-35(32)41(44,45)46)33-22-51(27-10-12-39(42,43)13-11-27)34-9-8-30(20-31(33)34)56-29-6-4-28(5-7-29)52-15-3-14-48-52/h3,8-9,14-15,20-29H,4-7,10-13,16-19H2,1-2H3,(H,50,53)(H,54,55)/t23?,24?,25?,26?,28-,29-,40?. The zero-order chi connectivity index (χ0) is 39.6. The molecule has 4 aliphatic rings. The van der Waals surface area contributed by atoms with Gasteiger partial charge in [-0.15, -0.1) is 0 Å². The van der Waals surface area contributed by atoms with Crippen molar-refractivity contribution in [2.24, 2.45) is 23.7 Å². The maximum Gasteiger partial charge on any atom is 0.434 e. The maximum atomic E-state index is 14.9. The first-order chi connectivity index (χ1) is 26.6. The van der Waals surface area contributed by atoms with Crippen LogP contribution in [-0.4, -0.2) is 58.9 Å². The Kier molecular flexibility index (Phi) is 9.87. The van der Waals surface area contributed by atoms with Crippen LogP contribution in [0.25, 0.3) is 22.3 Å². The number of carboxylic acids is 1. The van der Waals surface area contributed by atoms with Crippen molar-refractivity contribution in [1.82, 2.24) is 29.6 Å². The predicted molar refractivity (Wildman–Crippen MR) is 196 cm³/mol. The molecule has 0 saturated heterocycles. The zero-order valence-corrected chi connectivity index (χ0v) is 31.4. The second kappa shape index (κ2) is 14.4. The summed E-state index contributed by atoms with van der Waals surface area (Å²) in [5.74, 6) is -5.49. The van der Waals surface area contributed by atoms with Gasteiger partial charge in [-0.2, -0.15) is 18.3 Å². The van der Waals surface area contributed by atoms with Crippen LogP contribution in [0.2, 0.25) is 0 Å². The number of nitrogens with one attached hydrogen (secondary N) is 1. The van der Waals surface area contributed by atoms with Crippen LogP contribution in [0.1, 0.15) is 119 Å². The third-order valence-corrected chi connectivity index (χ3v) is 13.1. The number of hydrogen-bond donors (Lipinski definition) is 2. The smallest absolute Gasteiger partial charge is 0.434 e. The van der Waals surface area contributed by atoms with Crippen LogP contribution in [0.4, 0.5) is 22.0 Å². The van der Waals surface area contributed by atoms with Crippen molar-refractivity contribution in [3.63, 3.8) is 0 Å². The normalized spacial score (nSPS) is 29.6. The third kappa shape index (κ3) is 7.14. The fraction of sp³-hybridized carbons (Fsp3) is 0.585. The van der Waals surface area contributed by atoms with E-state index in [1.54, 1.807) is 37.5 Å². The number of ether oxygens (including phenoxy) is 1. The number of nitrogens with zero attached hydrogens (tertiary/aromatic N) is 5. The Morgan fingerprint density at radius 1 is 0.982 bits per heavy atom. The number of halogens is 5. The summed E-state index contributed by atoms with van der Waals surface area (Å²) in [7, 11) is 0. The van der Waals surface area contributed by atoms with Gasteiger partial charge in [-0.3, -0.25) is 9.48 Å². The van der Waals surface area contributed by atoms with E-state index >= 15 is 0 Å². The lowest BCUT2D eigenvalue weighted by Gasteiger charge is -2.52. The van der Waals surface area contributed by atoms with E-state index in [9.17, 15) is 36.6 Å². The maximum absolute atomic E-state index is 14.9. The summed E-state index contributed by atoms with van der Waals surface area (Å²) in [6, 6.07) is 7.12. The highest BCUT2D eigenvalue weighted by Gasteiger charge is 2.57. The quantitative estimate of drug-likeness (QED) is 0.171. The van der Waals surface area contributed by atoms with Crippen molar-refractivity contribution in [2.45, 2.75) is 127 Å². The van der Waals surface area contributed by atoms with E-state index in [2.05, 4.69) is 20.4 Å². The van der Waals surface area contributed by atoms with E-state index in [-0.39, 0.29) is 67.1 Å². The number of carboxylic acid groups (broad SMARTS) is 1. The van der Waals surface area contributed by atoms with Crippen LogP contribution < -0.4 is 10.1 Å². The van der Waals surface area contributed by atoms with Crippen molar-refractivity contribution >= 4 is 22.8 Å². The van der Waals surface area contributed by atoms with Gasteiger partial charge in [0.2, 0.25) is 5.92 Å². The van der Waals surface area contributed by atoms with Crippen LogP contribution in [0.15, 0.2) is 49.1 Å². The molecule has 56 heavy (non-hydrogen) atoms. The van der Waals surface area contributed by atoms with Crippen molar-refractivity contribution in [1.29, 1.82) is 0 Å². The number of hydrogen-bond acceptors (Lipinski definition) is 6. The van der Waals surface area contributed by atoms with Gasteiger partial charge in [0.25, 0.3) is 5.91 Å². The monoisotopic (exact) mass is 782 g/mol. The number of benzene rings is 1. The Morgan fingerprint density at radius 3 is 2.41 bits per heavy atom. The van der Waals surface area contributed by atoms with Gasteiger partial charge in [0.1, 0.15) is 11.3 Å². The molecule has 0 radical (unpaired) electrons. The second-order valence-corrected chi connectivity index (χ2v) is 16.8. The fourth-order valence-electron chi connectivity index (χ4n) is 10.4. The summed E-state index contributed by atoms with van der Waals surface area (Å²) in [4.78, 5) is 35.1. The van der Waals surface area contributed by atoms with Crippen molar-refractivity contribution in [2.75, 3.05) is 0 Å². The van der Waals surface area contributed by atoms with E-state index in [4.69, 9.17) is 4.74 Å². The third-order valence-electron chi connectivity index (χ3n) is 13.1. The minimum atomic E-state index is -5.10. The zero-order valence-electron chi connectivity index (χ0n) is 31.4. The number of aromatic nitrogens is 5. The molecule has 1 amide bonds. The average Bonchev–Trinajstić information content (AvgIpc) is 3.82. The van der Waals surface area contributed by atoms with Gasteiger partial charge < -0.3 is 19.7 Å². The highest BCUT2D eigenvalue weighted by atomic mass is 19.4. The molecule has 5 atom stereocenters. The highest BCUT2D eigenvalue weighted by molar-refractivity contribution is 6.00. The molecule has 0 aliphatic heterocycles. The van der Waals surface area contributed by atoms with Gasteiger partial charge in [0.15, 0.2) is 11.5 Å². The van der Waals surface area contributed by atoms with Crippen LogP contribution in [0, 0.1) is 23.7 Å². The summed E-state index contributed by atoms with van der Waals surface area (Å²) in [6.07, 6.45) is 6.51. The van der Waals surface area contributed by atoms with Crippen LogP contribution in [0.5, 0.6) is 5.75 Å². The molecule has 8 rings (SSSR count). The molecule has 2 N–H and O–H groups in total. The molecule has 5 unspecified atom stereocenters. The Morgan fingerprint density at radius 2 is 1.73 bits per heavy atom. The van der Waals surface area contributed by atoms with Gasteiger partial charge in [-0.05, 0) is 112 Å². The SMILES string of the molecule is CC1CC2CC(C)C(NC(=O)c3cnc(-c4cn(C5CCC(F)(F)CC5)c5ccc(O[C@H]6CC[C@H](n7cccn7)CC6)cc45)nc3C(F)(F)F)(C(=O)O)C(C1)C2. The molecular formula is C41H47F5N6O4. The first kappa shape index (κ1) is 38.3.